The van der Waals surface area contributed by atoms with Gasteiger partial charge in [-0.2, -0.15) is 0 Å². The van der Waals surface area contributed by atoms with Crippen molar-refractivity contribution in [1.29, 1.82) is 0 Å². The average Bonchev–Trinajstić information content (AvgIpc) is 2.64. The van der Waals surface area contributed by atoms with Crippen LogP contribution in [0.15, 0.2) is 58.5 Å². The Kier molecular flexibility index (Phi) is 11.1. The maximum absolute atomic E-state index is 11.5. The normalized spacial score (nSPS) is 11.3. The Labute approximate surface area is 171 Å². The van der Waals surface area contributed by atoms with Gasteiger partial charge in [-0.1, -0.05) is 48.5 Å². The van der Waals surface area contributed by atoms with Crippen LogP contribution in [0.1, 0.15) is 24.0 Å². The molecule has 0 bridgehead atoms. The quantitative estimate of drug-likeness (QED) is 0.445. The minimum atomic E-state index is 0. The van der Waals surface area contributed by atoms with Crippen molar-refractivity contribution < 1.29 is 27.0 Å². The third-order valence-corrected chi connectivity index (χ3v) is 3.95. The van der Waals surface area contributed by atoms with Gasteiger partial charge in [0.2, 0.25) is 0 Å². The summed E-state index contributed by atoms with van der Waals surface area (Å²) in [6.45, 7) is 3.31. The fraction of sp³-hybridized carbons (Fsp3) is 0.333. The van der Waals surface area contributed by atoms with Gasteiger partial charge >= 0.3 is 16.8 Å². The van der Waals surface area contributed by atoms with Crippen LogP contribution in [-0.2, 0) is 16.8 Å². The molecule has 0 saturated carbocycles. The number of aliphatic imine (C=N–C) groups is 2. The zero-order chi connectivity index (χ0) is 18.6. The maximum Gasteiger partial charge on any atom is 3.00 e. The van der Waals surface area contributed by atoms with Gasteiger partial charge in [-0.05, 0) is 44.1 Å². The summed E-state index contributed by atoms with van der Waals surface area (Å²) >= 11 is 0. The van der Waals surface area contributed by atoms with E-state index in [1.165, 1.54) is 0 Å². The fourth-order valence-electron chi connectivity index (χ4n) is 2.48. The second-order valence-corrected chi connectivity index (χ2v) is 6.16. The van der Waals surface area contributed by atoms with E-state index in [4.69, 9.17) is 0 Å². The molecule has 0 N–H and O–H groups in total. The molecule has 0 fully saturated rings. The van der Waals surface area contributed by atoms with Gasteiger partial charge in [-0.25, -0.2) is 0 Å². The summed E-state index contributed by atoms with van der Waals surface area (Å²) in [7, 11) is 2.08. The van der Waals surface area contributed by atoms with Crippen LogP contribution in [0.2, 0.25) is 0 Å². The Hall–Kier alpha value is -2.15. The van der Waals surface area contributed by atoms with Gasteiger partial charge in [-0.15, -0.1) is 11.5 Å². The maximum atomic E-state index is 11.5. The standard InChI is InChI=1S/C21H27N3O2.Co/c1-24(14-6-12-22-16-18-8-2-4-10-20(18)25)15-7-13-23-17-19-9-3-5-11-21(19)26;/h2-5,8-11,16-17,25-26H,6-7,12-15H2,1H3;/q;+3/p-2. The van der Waals surface area contributed by atoms with Crippen molar-refractivity contribution in [1.82, 2.24) is 4.90 Å². The number of rotatable bonds is 10. The SMILES string of the molecule is CN(CCCN=Cc1ccccc1[O-])CCCN=Cc1ccccc1[O-].[Co+3]. The number of hydrogen-bond donors (Lipinski definition) is 0. The molecule has 27 heavy (non-hydrogen) atoms. The molecule has 0 unspecified atom stereocenters. The minimum absolute atomic E-state index is 0. The van der Waals surface area contributed by atoms with E-state index in [-0.39, 0.29) is 28.3 Å². The molecule has 0 aliphatic rings. The molecule has 0 aliphatic heterocycles. The Balaban J connectivity index is 0.00000364. The van der Waals surface area contributed by atoms with Gasteiger partial charge in [0, 0.05) is 25.5 Å². The van der Waals surface area contributed by atoms with Crippen LogP contribution >= 0.6 is 0 Å². The van der Waals surface area contributed by atoms with E-state index in [1.807, 2.05) is 12.1 Å². The monoisotopic (exact) mass is 410 g/mol. The van der Waals surface area contributed by atoms with Crippen LogP contribution in [0.4, 0.5) is 0 Å². The summed E-state index contributed by atoms with van der Waals surface area (Å²) in [6, 6.07) is 13.8. The Morgan fingerprint density at radius 1 is 0.778 bits per heavy atom. The summed E-state index contributed by atoms with van der Waals surface area (Å²) in [5, 5.41) is 23.1. The molecule has 0 aromatic heterocycles. The molecule has 2 rings (SSSR count). The molecule has 5 nitrogen and oxygen atoms in total. The van der Waals surface area contributed by atoms with Crippen molar-refractivity contribution in [2.45, 2.75) is 12.8 Å². The number of benzene rings is 2. The van der Waals surface area contributed by atoms with E-state index in [2.05, 4.69) is 21.9 Å². The minimum Gasteiger partial charge on any atom is -0.872 e. The predicted molar refractivity (Wildman–Crippen MR) is 103 cm³/mol. The zero-order valence-electron chi connectivity index (χ0n) is 15.5. The zero-order valence-corrected chi connectivity index (χ0v) is 16.5. The molecule has 2 aromatic carbocycles. The van der Waals surface area contributed by atoms with E-state index < -0.39 is 0 Å². The van der Waals surface area contributed by atoms with Crippen LogP contribution in [0, 0.1) is 0 Å². The van der Waals surface area contributed by atoms with Crippen molar-refractivity contribution in [3.05, 3.63) is 59.7 Å². The first-order valence-corrected chi connectivity index (χ1v) is 8.87. The molecule has 0 amide bonds. The molecule has 0 heterocycles. The predicted octanol–water partition coefficient (Wildman–Crippen LogP) is 2.08. The molecule has 0 saturated heterocycles. The summed E-state index contributed by atoms with van der Waals surface area (Å²) < 4.78 is 0. The summed E-state index contributed by atoms with van der Waals surface area (Å²) in [5.41, 5.74) is 1.27. The Morgan fingerprint density at radius 3 is 1.59 bits per heavy atom. The van der Waals surface area contributed by atoms with Crippen molar-refractivity contribution in [2.75, 3.05) is 33.2 Å². The first-order chi connectivity index (χ1) is 12.7. The van der Waals surface area contributed by atoms with Crippen LogP contribution in [-0.4, -0.2) is 50.6 Å². The molecule has 144 valence electrons. The Morgan fingerprint density at radius 2 is 1.19 bits per heavy atom. The van der Waals surface area contributed by atoms with E-state index in [0.717, 1.165) is 25.9 Å². The second-order valence-electron chi connectivity index (χ2n) is 6.16. The number of nitrogens with zero attached hydrogens (tertiary/aromatic N) is 3. The average molecular weight is 410 g/mol. The summed E-state index contributed by atoms with van der Waals surface area (Å²) in [4.78, 5) is 10.9. The molecular formula is C21H25CoN3O2+. The molecule has 0 atom stereocenters. The third-order valence-electron chi connectivity index (χ3n) is 3.95. The van der Waals surface area contributed by atoms with Gasteiger partial charge in [0.05, 0.1) is 0 Å². The van der Waals surface area contributed by atoms with Crippen molar-refractivity contribution >= 4 is 12.4 Å². The van der Waals surface area contributed by atoms with Gasteiger partial charge in [-0.3, -0.25) is 9.98 Å². The summed E-state index contributed by atoms with van der Waals surface area (Å²) in [5.74, 6) is 0.0158. The fourth-order valence-corrected chi connectivity index (χ4v) is 2.48. The van der Waals surface area contributed by atoms with E-state index in [9.17, 15) is 10.2 Å². The van der Waals surface area contributed by atoms with Crippen LogP contribution < -0.4 is 10.2 Å². The van der Waals surface area contributed by atoms with Crippen LogP contribution in [0.3, 0.4) is 0 Å². The first kappa shape index (κ1) is 22.9. The van der Waals surface area contributed by atoms with Gasteiger partial charge in [0.25, 0.3) is 0 Å². The largest absolute Gasteiger partial charge is 3.00 e. The smallest absolute Gasteiger partial charge is 0.872 e. The van der Waals surface area contributed by atoms with Crippen molar-refractivity contribution in [3.63, 3.8) is 0 Å². The van der Waals surface area contributed by atoms with Crippen LogP contribution in [0.25, 0.3) is 0 Å². The number of hydrogen-bond acceptors (Lipinski definition) is 5. The van der Waals surface area contributed by atoms with Crippen LogP contribution in [0.5, 0.6) is 11.5 Å². The van der Waals surface area contributed by atoms with E-state index >= 15 is 0 Å². The van der Waals surface area contributed by atoms with Crippen molar-refractivity contribution in [3.8, 4) is 11.5 Å². The summed E-state index contributed by atoms with van der Waals surface area (Å²) in [6.07, 6.45) is 5.21. The van der Waals surface area contributed by atoms with E-state index in [0.29, 0.717) is 24.2 Å². The molecule has 6 heteroatoms. The van der Waals surface area contributed by atoms with Gasteiger partial charge in [0.15, 0.2) is 0 Å². The molecule has 0 radical (unpaired) electrons. The molecule has 2 aromatic rings. The Bertz CT molecular complexity index is 673. The topological polar surface area (TPSA) is 74.1 Å². The van der Waals surface area contributed by atoms with Gasteiger partial charge < -0.3 is 15.1 Å². The first-order valence-electron chi connectivity index (χ1n) is 8.87. The molecule has 0 aliphatic carbocycles. The number of para-hydroxylation sites is 2. The second kappa shape index (κ2) is 13.1. The molecular weight excluding hydrogens is 385 g/mol. The van der Waals surface area contributed by atoms with Crippen molar-refractivity contribution in [2.24, 2.45) is 9.98 Å². The van der Waals surface area contributed by atoms with E-state index in [1.54, 1.807) is 48.8 Å². The third kappa shape index (κ3) is 8.86. The van der Waals surface area contributed by atoms with Gasteiger partial charge in [0.1, 0.15) is 0 Å². The molecule has 0 spiro atoms.